The Morgan fingerprint density at radius 1 is 1.28 bits per heavy atom. The van der Waals surface area contributed by atoms with Gasteiger partial charge in [-0.3, -0.25) is 15.0 Å². The number of carbonyl (C=O) groups is 2. The lowest BCUT2D eigenvalue weighted by Gasteiger charge is -2.34. The van der Waals surface area contributed by atoms with E-state index in [9.17, 15) is 9.59 Å². The van der Waals surface area contributed by atoms with Gasteiger partial charge in [0.25, 0.3) is 0 Å². The van der Waals surface area contributed by atoms with Crippen LogP contribution in [0.1, 0.15) is 40.0 Å². The summed E-state index contributed by atoms with van der Waals surface area (Å²) in [4.78, 5) is 25.3. The van der Waals surface area contributed by atoms with Gasteiger partial charge >= 0.3 is 6.03 Å². The molecule has 104 valence electrons. The van der Waals surface area contributed by atoms with Crippen molar-refractivity contribution < 1.29 is 9.59 Å². The van der Waals surface area contributed by atoms with Crippen LogP contribution in [0.4, 0.5) is 4.79 Å². The summed E-state index contributed by atoms with van der Waals surface area (Å²) >= 11 is 0. The van der Waals surface area contributed by atoms with Crippen LogP contribution in [0.5, 0.6) is 0 Å². The van der Waals surface area contributed by atoms with Crippen LogP contribution in [-0.4, -0.2) is 42.5 Å². The van der Waals surface area contributed by atoms with Gasteiger partial charge in [-0.2, -0.15) is 0 Å². The van der Waals surface area contributed by atoms with E-state index in [2.05, 4.69) is 22.5 Å². The highest BCUT2D eigenvalue weighted by Crippen LogP contribution is 2.21. The van der Waals surface area contributed by atoms with Gasteiger partial charge in [-0.15, -0.1) is 0 Å². The minimum atomic E-state index is -0.405. The number of piperidine rings is 1. The zero-order valence-electron chi connectivity index (χ0n) is 11.7. The van der Waals surface area contributed by atoms with Gasteiger partial charge in [0.05, 0.1) is 6.04 Å². The first-order valence-corrected chi connectivity index (χ1v) is 6.91. The molecule has 0 aromatic carbocycles. The fraction of sp³-hybridized carbons (Fsp3) is 0.846. The number of amides is 3. The highest BCUT2D eigenvalue weighted by atomic mass is 16.2. The van der Waals surface area contributed by atoms with Crippen molar-refractivity contribution in [1.82, 2.24) is 15.5 Å². The Hall–Kier alpha value is -1.10. The van der Waals surface area contributed by atoms with Crippen LogP contribution in [-0.2, 0) is 4.79 Å². The maximum atomic E-state index is 11.9. The molecular formula is C13H25N3O2. The Bertz CT molecular complexity index is 286. The van der Waals surface area contributed by atoms with Crippen LogP contribution in [0.2, 0.25) is 0 Å². The van der Waals surface area contributed by atoms with E-state index in [0.29, 0.717) is 6.54 Å². The Kier molecular flexibility index (Phi) is 6.12. The van der Waals surface area contributed by atoms with Crippen LogP contribution < -0.4 is 10.6 Å². The van der Waals surface area contributed by atoms with E-state index >= 15 is 0 Å². The average Bonchev–Trinajstić information content (AvgIpc) is 2.38. The summed E-state index contributed by atoms with van der Waals surface area (Å²) in [6.07, 6.45) is 3.51. The van der Waals surface area contributed by atoms with Gasteiger partial charge in [-0.1, -0.05) is 13.3 Å². The number of urea groups is 1. The monoisotopic (exact) mass is 255 g/mol. The Labute approximate surface area is 109 Å². The van der Waals surface area contributed by atoms with Gasteiger partial charge < -0.3 is 5.32 Å². The summed E-state index contributed by atoms with van der Waals surface area (Å²) in [7, 11) is 0. The highest BCUT2D eigenvalue weighted by Gasteiger charge is 2.26. The number of rotatable bonds is 4. The van der Waals surface area contributed by atoms with Crippen molar-refractivity contribution in [3.63, 3.8) is 0 Å². The minimum absolute atomic E-state index is 0.212. The second-order valence-electron chi connectivity index (χ2n) is 4.91. The number of carbonyl (C=O) groups excluding carboxylic acids is 2. The normalized spacial score (nSPS) is 19.3. The number of hydrogen-bond donors (Lipinski definition) is 2. The molecule has 1 unspecified atom stereocenters. The minimum Gasteiger partial charge on any atom is -0.338 e. The number of hydrogen-bond acceptors (Lipinski definition) is 3. The van der Waals surface area contributed by atoms with Crippen molar-refractivity contribution in [3.05, 3.63) is 0 Å². The van der Waals surface area contributed by atoms with Crippen molar-refractivity contribution in [2.45, 2.75) is 46.1 Å². The largest absolute Gasteiger partial charge is 0.338 e. The molecule has 0 radical (unpaired) electrons. The maximum absolute atomic E-state index is 11.9. The second-order valence-corrected chi connectivity index (χ2v) is 4.91. The molecule has 0 bridgehead atoms. The summed E-state index contributed by atoms with van der Waals surface area (Å²) in [6.45, 7) is 8.32. The molecule has 0 spiro atoms. The molecule has 0 saturated carbocycles. The third-order valence-corrected chi connectivity index (χ3v) is 3.73. The van der Waals surface area contributed by atoms with E-state index in [1.807, 2.05) is 13.8 Å². The number of imide groups is 1. The first-order chi connectivity index (χ1) is 8.58. The lowest BCUT2D eigenvalue weighted by molar-refractivity contribution is -0.125. The molecule has 1 heterocycles. The molecule has 0 aliphatic carbocycles. The standard InChI is InChI=1S/C13H25N3O2/c1-4-11-6-8-16(9-7-11)10(3)12(17)15-13(18)14-5-2/h10-11H,4-9H2,1-3H3,(H2,14,15,17,18). The molecule has 1 atom stereocenters. The topological polar surface area (TPSA) is 61.4 Å². The Balaban J connectivity index is 2.37. The van der Waals surface area contributed by atoms with Crippen molar-refractivity contribution in [2.75, 3.05) is 19.6 Å². The number of likely N-dealkylation sites (tertiary alicyclic amines) is 1. The van der Waals surface area contributed by atoms with Crippen LogP contribution in [0.25, 0.3) is 0 Å². The van der Waals surface area contributed by atoms with Gasteiger partial charge in [0.1, 0.15) is 0 Å². The van der Waals surface area contributed by atoms with Crippen LogP contribution in [0.3, 0.4) is 0 Å². The Morgan fingerprint density at radius 3 is 2.39 bits per heavy atom. The molecule has 1 aliphatic rings. The van der Waals surface area contributed by atoms with Crippen molar-refractivity contribution in [3.8, 4) is 0 Å². The van der Waals surface area contributed by atoms with Gasteiger partial charge in [-0.25, -0.2) is 4.79 Å². The van der Waals surface area contributed by atoms with E-state index in [1.54, 1.807) is 0 Å². The summed E-state index contributed by atoms with van der Waals surface area (Å²) in [5.74, 6) is 0.579. The molecular weight excluding hydrogens is 230 g/mol. The molecule has 2 N–H and O–H groups in total. The smallest absolute Gasteiger partial charge is 0.321 e. The number of nitrogens with zero attached hydrogens (tertiary/aromatic N) is 1. The van der Waals surface area contributed by atoms with Gasteiger partial charge in [0, 0.05) is 6.54 Å². The highest BCUT2D eigenvalue weighted by molar-refractivity contribution is 5.96. The van der Waals surface area contributed by atoms with E-state index in [-0.39, 0.29) is 11.9 Å². The van der Waals surface area contributed by atoms with Crippen molar-refractivity contribution in [1.29, 1.82) is 0 Å². The van der Waals surface area contributed by atoms with E-state index in [0.717, 1.165) is 31.8 Å². The average molecular weight is 255 g/mol. The lowest BCUT2D eigenvalue weighted by Crippen LogP contribution is -2.51. The van der Waals surface area contributed by atoms with Crippen molar-refractivity contribution >= 4 is 11.9 Å². The van der Waals surface area contributed by atoms with Crippen LogP contribution >= 0.6 is 0 Å². The van der Waals surface area contributed by atoms with E-state index in [4.69, 9.17) is 0 Å². The fourth-order valence-corrected chi connectivity index (χ4v) is 2.34. The molecule has 18 heavy (non-hydrogen) atoms. The molecule has 0 aromatic rings. The third kappa shape index (κ3) is 4.29. The lowest BCUT2D eigenvalue weighted by atomic mass is 9.93. The quantitative estimate of drug-likeness (QED) is 0.797. The SMILES string of the molecule is CCNC(=O)NC(=O)C(C)N1CCC(CC)CC1. The first-order valence-electron chi connectivity index (χ1n) is 6.91. The van der Waals surface area contributed by atoms with Crippen LogP contribution in [0.15, 0.2) is 0 Å². The first kappa shape index (κ1) is 15.0. The molecule has 5 heteroatoms. The molecule has 0 aromatic heterocycles. The molecule has 1 aliphatic heterocycles. The van der Waals surface area contributed by atoms with Crippen LogP contribution in [0, 0.1) is 5.92 Å². The number of nitrogens with one attached hydrogen (secondary N) is 2. The maximum Gasteiger partial charge on any atom is 0.321 e. The zero-order chi connectivity index (χ0) is 13.5. The van der Waals surface area contributed by atoms with Gasteiger partial charge in [0.15, 0.2) is 0 Å². The molecule has 1 rings (SSSR count). The molecule has 1 saturated heterocycles. The van der Waals surface area contributed by atoms with Crippen molar-refractivity contribution in [2.24, 2.45) is 5.92 Å². The van der Waals surface area contributed by atoms with E-state index in [1.165, 1.54) is 6.42 Å². The molecule has 1 fully saturated rings. The summed E-state index contributed by atoms with van der Waals surface area (Å²) in [6, 6.07) is -0.636. The summed E-state index contributed by atoms with van der Waals surface area (Å²) in [5, 5.41) is 4.93. The summed E-state index contributed by atoms with van der Waals surface area (Å²) in [5.41, 5.74) is 0. The predicted octanol–water partition coefficient (Wildman–Crippen LogP) is 1.34. The second kappa shape index (κ2) is 7.36. The van der Waals surface area contributed by atoms with E-state index < -0.39 is 6.03 Å². The zero-order valence-corrected chi connectivity index (χ0v) is 11.7. The Morgan fingerprint density at radius 2 is 1.89 bits per heavy atom. The molecule has 3 amide bonds. The van der Waals surface area contributed by atoms with Gasteiger partial charge in [-0.05, 0) is 45.7 Å². The molecule has 5 nitrogen and oxygen atoms in total. The summed E-state index contributed by atoms with van der Waals surface area (Å²) < 4.78 is 0. The fourth-order valence-electron chi connectivity index (χ4n) is 2.34. The van der Waals surface area contributed by atoms with Gasteiger partial charge in [0.2, 0.25) is 5.91 Å². The third-order valence-electron chi connectivity index (χ3n) is 3.73. The predicted molar refractivity (Wildman–Crippen MR) is 71.3 cm³/mol.